The lowest BCUT2D eigenvalue weighted by molar-refractivity contribution is 0.0428. The quantitative estimate of drug-likeness (QED) is 0.299. The minimum atomic E-state index is -3.20. The second-order valence-electron chi connectivity index (χ2n) is 10.9. The van der Waals surface area contributed by atoms with Crippen LogP contribution in [0.3, 0.4) is 0 Å². The van der Waals surface area contributed by atoms with Gasteiger partial charge in [0.25, 0.3) is 17.7 Å². The van der Waals surface area contributed by atoms with Crippen LogP contribution in [-0.2, 0) is 12.5 Å². The van der Waals surface area contributed by atoms with Crippen molar-refractivity contribution in [2.75, 3.05) is 23.3 Å². The van der Waals surface area contributed by atoms with Crippen LogP contribution in [0.25, 0.3) is 0 Å². The molecule has 1 fully saturated rings. The number of hydrogen-bond acceptors (Lipinski definition) is 6. The van der Waals surface area contributed by atoms with E-state index < -0.39 is 17.7 Å². The molecule has 44 heavy (non-hydrogen) atoms. The van der Waals surface area contributed by atoms with E-state index in [9.17, 15) is 14.9 Å². The van der Waals surface area contributed by atoms with Gasteiger partial charge >= 0.3 is 0 Å². The number of alkyl halides is 2. The van der Waals surface area contributed by atoms with Gasteiger partial charge in [-0.15, -0.1) is 0 Å². The first-order valence-corrected chi connectivity index (χ1v) is 14.4. The fourth-order valence-electron chi connectivity index (χ4n) is 5.67. The summed E-state index contributed by atoms with van der Waals surface area (Å²) in [7, 11) is 0. The molecule has 224 valence electrons. The van der Waals surface area contributed by atoms with Crippen LogP contribution in [0.2, 0.25) is 0 Å². The first-order chi connectivity index (χ1) is 21.3. The van der Waals surface area contributed by atoms with Crippen LogP contribution >= 0.6 is 0 Å². The Labute approximate surface area is 253 Å². The molecule has 1 atom stereocenters. The topological polar surface area (TPSA) is 112 Å². The van der Waals surface area contributed by atoms with Gasteiger partial charge in [-0.05, 0) is 63.2 Å². The summed E-state index contributed by atoms with van der Waals surface area (Å²) in [6.45, 7) is 3.82. The highest BCUT2D eigenvalue weighted by Crippen LogP contribution is 2.37. The average molecular weight is 597 g/mol. The lowest BCUT2D eigenvalue weighted by atomic mass is 9.99. The van der Waals surface area contributed by atoms with E-state index in [0.717, 1.165) is 25.9 Å². The highest BCUT2D eigenvalue weighted by atomic mass is 19.3. The van der Waals surface area contributed by atoms with Crippen LogP contribution in [0.1, 0.15) is 57.3 Å². The van der Waals surface area contributed by atoms with E-state index in [1.165, 1.54) is 58.2 Å². The van der Waals surface area contributed by atoms with E-state index in [-0.39, 0.29) is 40.1 Å². The standard InChI is InChI=1S/C33H30F2N6O3/c1-21-20-40-30(32(43)41(21)26-10-7-24(8-11-26)33(34,35)23-5-3-2-4-6-23)28(19-38-40)31(42)39-25-9-12-29(22(17-25)18-36)44-27-13-15-37-16-14-27/h2-12,17,19,21,27,37H,13-16,20H2,1H3,(H,39,42)/t21-/m0/s1. The SMILES string of the molecule is C[C@H]1Cn2ncc(C(=O)Nc3ccc(OC4CCNCC4)c(C#N)c3)c2C(=O)N1c1ccc(C(F)(F)c2ccccc2)cc1. The zero-order chi connectivity index (χ0) is 30.8. The number of anilines is 2. The molecule has 2 amide bonds. The minimum Gasteiger partial charge on any atom is -0.489 e. The van der Waals surface area contributed by atoms with Crippen LogP contribution in [0, 0.1) is 11.3 Å². The van der Waals surface area contributed by atoms with Gasteiger partial charge in [-0.2, -0.15) is 19.1 Å². The van der Waals surface area contributed by atoms with E-state index in [0.29, 0.717) is 23.7 Å². The predicted molar refractivity (Wildman–Crippen MR) is 160 cm³/mol. The van der Waals surface area contributed by atoms with Crippen molar-refractivity contribution in [1.82, 2.24) is 15.1 Å². The van der Waals surface area contributed by atoms with Crippen molar-refractivity contribution in [3.05, 3.63) is 107 Å². The van der Waals surface area contributed by atoms with Gasteiger partial charge in [0.1, 0.15) is 23.6 Å². The van der Waals surface area contributed by atoms with Crippen molar-refractivity contribution in [3.8, 4) is 11.8 Å². The molecule has 3 aromatic carbocycles. The van der Waals surface area contributed by atoms with Gasteiger partial charge in [-0.25, -0.2) is 0 Å². The summed E-state index contributed by atoms with van der Waals surface area (Å²) < 4.78 is 37.7. The molecule has 0 saturated carbocycles. The summed E-state index contributed by atoms with van der Waals surface area (Å²) in [5, 5.41) is 20.0. The van der Waals surface area contributed by atoms with E-state index in [4.69, 9.17) is 4.74 Å². The molecule has 1 aromatic heterocycles. The molecule has 0 aliphatic carbocycles. The molecule has 9 nitrogen and oxygen atoms in total. The predicted octanol–water partition coefficient (Wildman–Crippen LogP) is 5.33. The maximum atomic E-state index is 15.1. The van der Waals surface area contributed by atoms with Gasteiger partial charge in [0.2, 0.25) is 0 Å². The smallest absolute Gasteiger partial charge is 0.298 e. The van der Waals surface area contributed by atoms with Gasteiger partial charge in [-0.3, -0.25) is 14.3 Å². The van der Waals surface area contributed by atoms with Crippen LogP contribution in [0.15, 0.2) is 79.0 Å². The number of amides is 2. The number of hydrogen-bond donors (Lipinski definition) is 2. The maximum Gasteiger partial charge on any atom is 0.298 e. The zero-order valence-corrected chi connectivity index (χ0v) is 24.0. The number of rotatable bonds is 7. The van der Waals surface area contributed by atoms with Crippen molar-refractivity contribution in [2.24, 2.45) is 0 Å². The molecule has 1 saturated heterocycles. The van der Waals surface area contributed by atoms with Crippen molar-refractivity contribution in [1.29, 1.82) is 5.26 Å². The number of benzene rings is 3. The molecule has 0 spiro atoms. The maximum absolute atomic E-state index is 15.1. The molecular formula is C33H30F2N6O3. The lowest BCUT2D eigenvalue weighted by Crippen LogP contribution is -2.47. The van der Waals surface area contributed by atoms with Crippen molar-refractivity contribution < 1.29 is 23.1 Å². The fraction of sp³-hybridized carbons (Fsp3) is 0.273. The van der Waals surface area contributed by atoms with Gasteiger partial charge in [0.05, 0.1) is 29.9 Å². The number of aromatic nitrogens is 2. The second-order valence-corrected chi connectivity index (χ2v) is 10.9. The number of nitrogens with zero attached hydrogens (tertiary/aromatic N) is 4. The first kappa shape index (κ1) is 29.0. The number of carbonyl (C=O) groups excluding carboxylic acids is 2. The van der Waals surface area contributed by atoms with Crippen LogP contribution in [0.4, 0.5) is 20.2 Å². The number of halogens is 2. The number of carbonyl (C=O) groups is 2. The molecule has 2 N–H and O–H groups in total. The minimum absolute atomic E-state index is 0.00985. The second kappa shape index (κ2) is 11.9. The Morgan fingerprint density at radius 1 is 1.07 bits per heavy atom. The Balaban J connectivity index is 1.21. The summed E-state index contributed by atoms with van der Waals surface area (Å²) >= 11 is 0. The van der Waals surface area contributed by atoms with Crippen molar-refractivity contribution in [3.63, 3.8) is 0 Å². The first-order valence-electron chi connectivity index (χ1n) is 14.4. The third-order valence-corrected chi connectivity index (χ3v) is 7.97. The third kappa shape index (κ3) is 5.52. The highest BCUT2D eigenvalue weighted by Gasteiger charge is 2.37. The van der Waals surface area contributed by atoms with Gasteiger partial charge < -0.3 is 20.3 Å². The van der Waals surface area contributed by atoms with Crippen LogP contribution in [0.5, 0.6) is 5.75 Å². The molecule has 0 bridgehead atoms. The molecule has 6 rings (SSSR count). The number of piperidine rings is 1. The largest absolute Gasteiger partial charge is 0.489 e. The third-order valence-electron chi connectivity index (χ3n) is 7.97. The van der Waals surface area contributed by atoms with E-state index >= 15 is 8.78 Å². The van der Waals surface area contributed by atoms with Gasteiger partial charge in [0, 0.05) is 22.5 Å². The number of ether oxygens (including phenoxy) is 1. The molecular weight excluding hydrogens is 566 g/mol. The summed E-state index contributed by atoms with van der Waals surface area (Å²) in [5.41, 5.74) is 0.915. The molecule has 4 aromatic rings. The summed E-state index contributed by atoms with van der Waals surface area (Å²) in [4.78, 5) is 28.6. The highest BCUT2D eigenvalue weighted by molar-refractivity contribution is 6.15. The van der Waals surface area contributed by atoms with Crippen molar-refractivity contribution in [2.45, 2.75) is 44.4 Å². The monoisotopic (exact) mass is 596 g/mol. The Morgan fingerprint density at radius 3 is 2.48 bits per heavy atom. The number of nitriles is 1. The van der Waals surface area contributed by atoms with Crippen LogP contribution < -0.4 is 20.3 Å². The molecule has 2 aliphatic heterocycles. The normalized spacial score (nSPS) is 17.1. The molecule has 2 aliphatic rings. The van der Waals surface area contributed by atoms with E-state index in [1.54, 1.807) is 30.3 Å². The Kier molecular flexibility index (Phi) is 7.84. The Morgan fingerprint density at radius 2 is 1.77 bits per heavy atom. The average Bonchev–Trinajstić information content (AvgIpc) is 3.47. The summed E-state index contributed by atoms with van der Waals surface area (Å²) in [5.74, 6) is -3.79. The summed E-state index contributed by atoms with van der Waals surface area (Å²) in [6.07, 6.45) is 3.02. The molecule has 3 heterocycles. The van der Waals surface area contributed by atoms with Crippen LogP contribution in [-0.4, -0.2) is 46.8 Å². The Bertz CT molecular complexity index is 1730. The molecule has 11 heteroatoms. The van der Waals surface area contributed by atoms with E-state index in [2.05, 4.69) is 21.8 Å². The van der Waals surface area contributed by atoms with Gasteiger partial charge in [-0.1, -0.05) is 42.5 Å². The molecule has 0 unspecified atom stereocenters. The molecule has 0 radical (unpaired) electrons. The number of nitrogens with one attached hydrogen (secondary N) is 2. The number of fused-ring (bicyclic) bond motifs is 1. The zero-order valence-electron chi connectivity index (χ0n) is 24.0. The van der Waals surface area contributed by atoms with E-state index in [1.807, 2.05) is 6.92 Å². The fourth-order valence-corrected chi connectivity index (χ4v) is 5.67. The lowest BCUT2D eigenvalue weighted by Gasteiger charge is -2.34. The Hall–Kier alpha value is -5.08. The summed E-state index contributed by atoms with van der Waals surface area (Å²) in [6, 6.07) is 19.8. The van der Waals surface area contributed by atoms with Gasteiger partial charge in [0.15, 0.2) is 0 Å². The van der Waals surface area contributed by atoms with Crippen molar-refractivity contribution >= 4 is 23.2 Å².